The van der Waals surface area contributed by atoms with Crippen LogP contribution in [-0.2, 0) is 4.79 Å². The fourth-order valence-electron chi connectivity index (χ4n) is 2.07. The van der Waals surface area contributed by atoms with Gasteiger partial charge < -0.3 is 9.73 Å². The second-order valence-corrected chi connectivity index (χ2v) is 7.17. The second-order valence-electron chi connectivity index (χ2n) is 5.47. The van der Waals surface area contributed by atoms with Gasteiger partial charge in [0.2, 0.25) is 11.8 Å². The van der Waals surface area contributed by atoms with Gasteiger partial charge in [0.25, 0.3) is 5.22 Å². The standard InChI is InChI=1S/C18H16ClN3O2S/c1-11-7-9-13(10-8-11)17-21-22-18(24-17)25-12(2)16(23)20-15-6-4-3-5-14(15)19/h3-10,12H,1-2H3,(H,20,23)/t12-/m1/s1. The van der Waals surface area contributed by atoms with Crippen LogP contribution in [0.25, 0.3) is 11.5 Å². The lowest BCUT2D eigenvalue weighted by atomic mass is 10.1. The molecule has 0 fully saturated rings. The zero-order valence-corrected chi connectivity index (χ0v) is 15.3. The van der Waals surface area contributed by atoms with E-state index in [1.807, 2.05) is 37.3 Å². The monoisotopic (exact) mass is 373 g/mol. The van der Waals surface area contributed by atoms with E-state index in [0.29, 0.717) is 21.8 Å². The van der Waals surface area contributed by atoms with Gasteiger partial charge in [-0.05, 0) is 38.1 Å². The minimum atomic E-state index is -0.414. The van der Waals surface area contributed by atoms with Crippen LogP contribution >= 0.6 is 23.4 Å². The Morgan fingerprint density at radius 2 is 1.88 bits per heavy atom. The average Bonchev–Trinajstić information content (AvgIpc) is 3.06. The highest BCUT2D eigenvalue weighted by atomic mass is 35.5. The fourth-order valence-corrected chi connectivity index (χ4v) is 2.94. The van der Waals surface area contributed by atoms with Gasteiger partial charge in [-0.15, -0.1) is 10.2 Å². The van der Waals surface area contributed by atoms with Crippen LogP contribution in [0.15, 0.2) is 58.2 Å². The van der Waals surface area contributed by atoms with Crippen molar-refractivity contribution >= 4 is 35.0 Å². The number of carbonyl (C=O) groups is 1. The molecule has 0 saturated heterocycles. The molecule has 25 heavy (non-hydrogen) atoms. The van der Waals surface area contributed by atoms with Crippen molar-refractivity contribution in [1.29, 1.82) is 0 Å². The Morgan fingerprint density at radius 1 is 1.16 bits per heavy atom. The van der Waals surface area contributed by atoms with Crippen molar-refractivity contribution in [2.45, 2.75) is 24.3 Å². The molecule has 1 amide bonds. The Balaban J connectivity index is 1.65. The molecule has 0 bridgehead atoms. The number of carbonyl (C=O) groups excluding carboxylic acids is 1. The van der Waals surface area contributed by atoms with E-state index in [0.717, 1.165) is 11.1 Å². The van der Waals surface area contributed by atoms with Crippen molar-refractivity contribution in [3.63, 3.8) is 0 Å². The van der Waals surface area contributed by atoms with Gasteiger partial charge in [-0.3, -0.25) is 4.79 Å². The zero-order chi connectivity index (χ0) is 17.8. The Morgan fingerprint density at radius 3 is 2.60 bits per heavy atom. The third kappa shape index (κ3) is 4.41. The highest BCUT2D eigenvalue weighted by Gasteiger charge is 2.19. The van der Waals surface area contributed by atoms with Crippen LogP contribution in [-0.4, -0.2) is 21.4 Å². The van der Waals surface area contributed by atoms with Crippen molar-refractivity contribution in [1.82, 2.24) is 10.2 Å². The first-order valence-corrected chi connectivity index (χ1v) is 8.91. The summed E-state index contributed by atoms with van der Waals surface area (Å²) in [6.45, 7) is 3.78. The lowest BCUT2D eigenvalue weighted by Gasteiger charge is -2.10. The van der Waals surface area contributed by atoms with Crippen LogP contribution in [0, 0.1) is 6.92 Å². The quantitative estimate of drug-likeness (QED) is 0.649. The van der Waals surface area contributed by atoms with Crippen molar-refractivity contribution < 1.29 is 9.21 Å². The maximum absolute atomic E-state index is 12.3. The van der Waals surface area contributed by atoms with Crippen LogP contribution in [0.1, 0.15) is 12.5 Å². The molecular formula is C18H16ClN3O2S. The normalized spacial score (nSPS) is 12.0. The van der Waals surface area contributed by atoms with E-state index >= 15 is 0 Å². The molecule has 1 heterocycles. The zero-order valence-electron chi connectivity index (χ0n) is 13.7. The predicted octanol–water partition coefficient (Wildman–Crippen LogP) is 4.82. The Labute approximate surface area is 154 Å². The number of aryl methyl sites for hydroxylation is 1. The van der Waals surface area contributed by atoms with E-state index in [1.54, 1.807) is 25.1 Å². The van der Waals surface area contributed by atoms with Crippen LogP contribution < -0.4 is 5.32 Å². The largest absolute Gasteiger partial charge is 0.411 e. The number of thioether (sulfide) groups is 1. The molecule has 128 valence electrons. The highest BCUT2D eigenvalue weighted by Crippen LogP contribution is 2.28. The number of benzene rings is 2. The maximum atomic E-state index is 12.3. The number of aromatic nitrogens is 2. The van der Waals surface area contributed by atoms with Gasteiger partial charge in [0, 0.05) is 5.56 Å². The number of hydrogen-bond acceptors (Lipinski definition) is 5. The second kappa shape index (κ2) is 7.72. The summed E-state index contributed by atoms with van der Waals surface area (Å²) >= 11 is 7.25. The van der Waals surface area contributed by atoms with Crippen LogP contribution in [0.3, 0.4) is 0 Å². The van der Waals surface area contributed by atoms with Crippen LogP contribution in [0.4, 0.5) is 5.69 Å². The summed E-state index contributed by atoms with van der Waals surface area (Å²) < 4.78 is 5.64. The molecule has 0 aliphatic heterocycles. The van der Waals surface area contributed by atoms with Gasteiger partial charge in [0.15, 0.2) is 0 Å². The predicted molar refractivity (Wildman–Crippen MR) is 99.9 cm³/mol. The Hall–Kier alpha value is -2.31. The first-order chi connectivity index (χ1) is 12.0. The molecule has 0 radical (unpaired) electrons. The first-order valence-electron chi connectivity index (χ1n) is 7.65. The van der Waals surface area contributed by atoms with Crippen LogP contribution in [0.2, 0.25) is 5.02 Å². The molecule has 0 aliphatic carbocycles. The number of anilines is 1. The van der Waals surface area contributed by atoms with Crippen molar-refractivity contribution in [3.8, 4) is 11.5 Å². The number of halogens is 1. The molecule has 0 unspecified atom stereocenters. The summed E-state index contributed by atoms with van der Waals surface area (Å²) in [6.07, 6.45) is 0. The van der Waals surface area contributed by atoms with Crippen molar-refractivity contribution in [2.24, 2.45) is 0 Å². The summed E-state index contributed by atoms with van der Waals surface area (Å²) in [5, 5.41) is 11.3. The number of amides is 1. The van der Waals surface area contributed by atoms with Gasteiger partial charge in [0.05, 0.1) is 16.0 Å². The van der Waals surface area contributed by atoms with Crippen LogP contribution in [0.5, 0.6) is 0 Å². The molecular weight excluding hydrogens is 358 g/mol. The average molecular weight is 374 g/mol. The minimum absolute atomic E-state index is 0.187. The molecule has 0 aliphatic rings. The molecule has 1 aromatic heterocycles. The highest BCUT2D eigenvalue weighted by molar-refractivity contribution is 8.00. The summed E-state index contributed by atoms with van der Waals surface area (Å²) in [7, 11) is 0. The molecule has 3 rings (SSSR count). The molecule has 2 aromatic carbocycles. The molecule has 0 saturated carbocycles. The molecule has 1 atom stereocenters. The molecule has 7 heteroatoms. The SMILES string of the molecule is Cc1ccc(-c2nnc(S[C@H](C)C(=O)Nc3ccccc3Cl)o2)cc1. The van der Waals surface area contributed by atoms with Gasteiger partial charge >= 0.3 is 0 Å². The summed E-state index contributed by atoms with van der Waals surface area (Å²) in [6, 6.07) is 14.9. The molecule has 1 N–H and O–H groups in total. The molecule has 0 spiro atoms. The number of nitrogens with one attached hydrogen (secondary N) is 1. The van der Waals surface area contributed by atoms with Gasteiger partial charge in [-0.25, -0.2) is 0 Å². The van der Waals surface area contributed by atoms with Crippen molar-refractivity contribution in [3.05, 3.63) is 59.1 Å². The number of rotatable bonds is 5. The summed E-state index contributed by atoms with van der Waals surface area (Å²) in [5.74, 6) is 0.245. The topological polar surface area (TPSA) is 68.0 Å². The van der Waals surface area contributed by atoms with E-state index in [2.05, 4.69) is 15.5 Å². The van der Waals surface area contributed by atoms with E-state index in [4.69, 9.17) is 16.0 Å². The van der Waals surface area contributed by atoms with Gasteiger partial charge in [-0.1, -0.05) is 53.2 Å². The minimum Gasteiger partial charge on any atom is -0.411 e. The number of nitrogens with zero attached hydrogens (tertiary/aromatic N) is 2. The lowest BCUT2D eigenvalue weighted by molar-refractivity contribution is -0.115. The number of para-hydroxylation sites is 1. The smallest absolute Gasteiger partial charge is 0.277 e. The van der Waals surface area contributed by atoms with E-state index in [9.17, 15) is 4.79 Å². The first kappa shape index (κ1) is 17.5. The van der Waals surface area contributed by atoms with Crippen molar-refractivity contribution in [2.75, 3.05) is 5.32 Å². The van der Waals surface area contributed by atoms with E-state index < -0.39 is 5.25 Å². The summed E-state index contributed by atoms with van der Waals surface area (Å²) in [4.78, 5) is 12.3. The molecule has 3 aromatic rings. The maximum Gasteiger partial charge on any atom is 0.277 e. The fraction of sp³-hybridized carbons (Fsp3) is 0.167. The molecule has 5 nitrogen and oxygen atoms in total. The summed E-state index contributed by atoms with van der Waals surface area (Å²) in [5.41, 5.74) is 2.58. The van der Waals surface area contributed by atoms with Gasteiger partial charge in [0.1, 0.15) is 0 Å². The van der Waals surface area contributed by atoms with E-state index in [1.165, 1.54) is 11.8 Å². The van der Waals surface area contributed by atoms with Gasteiger partial charge in [-0.2, -0.15) is 0 Å². The Bertz CT molecular complexity index is 880. The third-order valence-electron chi connectivity index (χ3n) is 3.48. The number of hydrogen-bond donors (Lipinski definition) is 1. The third-order valence-corrected chi connectivity index (χ3v) is 4.75. The Kier molecular flexibility index (Phi) is 5.40. The van der Waals surface area contributed by atoms with E-state index in [-0.39, 0.29) is 5.91 Å². The lowest BCUT2D eigenvalue weighted by Crippen LogP contribution is -2.22.